The van der Waals surface area contributed by atoms with Gasteiger partial charge in [0.2, 0.25) is 0 Å². The summed E-state index contributed by atoms with van der Waals surface area (Å²) in [5.41, 5.74) is 1.40. The Morgan fingerprint density at radius 2 is 1.79 bits per heavy atom. The number of para-hydroxylation sites is 1. The molecule has 0 radical (unpaired) electrons. The van der Waals surface area contributed by atoms with Gasteiger partial charge in [0.05, 0.1) is 17.5 Å². The highest BCUT2D eigenvalue weighted by molar-refractivity contribution is 9.10. The van der Waals surface area contributed by atoms with Gasteiger partial charge in [-0.3, -0.25) is 20.2 Å². The summed E-state index contributed by atoms with van der Waals surface area (Å²) in [6.07, 6.45) is 0. The molecule has 1 fully saturated rings. The molecule has 0 aliphatic carbocycles. The van der Waals surface area contributed by atoms with Crippen LogP contribution < -0.4 is 20.1 Å². The molecule has 9 heteroatoms. The average molecular weight is 588 g/mol. The van der Waals surface area contributed by atoms with E-state index in [0.717, 1.165) is 16.3 Å². The highest BCUT2D eigenvalue weighted by atomic mass is 79.9. The van der Waals surface area contributed by atoms with Crippen LogP contribution in [0.5, 0.6) is 11.5 Å². The molecule has 4 aromatic carbocycles. The van der Waals surface area contributed by atoms with Crippen LogP contribution in [-0.2, 0) is 16.9 Å². The van der Waals surface area contributed by atoms with Crippen molar-refractivity contribution in [2.75, 3.05) is 12.4 Å². The quantitative estimate of drug-likeness (QED) is 0.220. The molecule has 1 saturated heterocycles. The average Bonchev–Trinajstić information content (AvgIpc) is 3.40. The Kier molecular flexibility index (Phi) is 6.28. The molecule has 2 N–H and O–H groups in total. The molecule has 2 aliphatic heterocycles. The van der Waals surface area contributed by atoms with Crippen molar-refractivity contribution in [2.45, 2.75) is 37.1 Å². The maximum Gasteiger partial charge on any atom is 0.256 e. The van der Waals surface area contributed by atoms with Crippen molar-refractivity contribution in [1.29, 1.82) is 0 Å². The predicted octanol–water partition coefficient (Wildman–Crippen LogP) is 5.76. The van der Waals surface area contributed by atoms with Crippen LogP contribution in [0.2, 0.25) is 0 Å². The first-order chi connectivity index (χ1) is 18.8. The van der Waals surface area contributed by atoms with Gasteiger partial charge in [0.1, 0.15) is 6.61 Å². The molecule has 0 saturated carbocycles. The first-order valence-electron chi connectivity index (χ1n) is 12.6. The molecule has 1 amide bonds. The topological polar surface area (TPSA) is 103 Å². The lowest BCUT2D eigenvalue weighted by molar-refractivity contribution is -0.532. The molecule has 198 valence electrons. The molecule has 2 heterocycles. The van der Waals surface area contributed by atoms with Crippen molar-refractivity contribution >= 4 is 38.3 Å². The first-order valence-corrected chi connectivity index (χ1v) is 13.4. The lowest BCUT2D eigenvalue weighted by Gasteiger charge is -2.25. The van der Waals surface area contributed by atoms with E-state index in [9.17, 15) is 14.9 Å². The monoisotopic (exact) mass is 587 g/mol. The van der Waals surface area contributed by atoms with E-state index in [1.54, 1.807) is 37.4 Å². The van der Waals surface area contributed by atoms with E-state index in [0.29, 0.717) is 39.4 Å². The number of nitro groups is 1. The zero-order valence-corrected chi connectivity index (χ0v) is 22.9. The fraction of sp³-hybridized carbons (Fsp3) is 0.233. The van der Waals surface area contributed by atoms with Crippen LogP contribution in [0.4, 0.5) is 5.69 Å². The lowest BCUT2D eigenvalue weighted by atomic mass is 9.78. The number of carbonyl (C=O) groups is 1. The molecular formula is C30H26BrN3O5. The number of rotatable bonds is 6. The number of methoxy groups -OCH3 is 1. The summed E-state index contributed by atoms with van der Waals surface area (Å²) in [6.45, 7) is 2.18. The number of benzene rings is 4. The zero-order valence-electron chi connectivity index (χ0n) is 21.3. The molecule has 0 unspecified atom stereocenters. The molecule has 4 atom stereocenters. The fourth-order valence-electron chi connectivity index (χ4n) is 6.19. The second-order valence-corrected chi connectivity index (χ2v) is 10.8. The van der Waals surface area contributed by atoms with Crippen molar-refractivity contribution in [2.24, 2.45) is 0 Å². The predicted molar refractivity (Wildman–Crippen MR) is 152 cm³/mol. The largest absolute Gasteiger partial charge is 0.493 e. The van der Waals surface area contributed by atoms with Crippen LogP contribution in [0.25, 0.3) is 10.8 Å². The van der Waals surface area contributed by atoms with Gasteiger partial charge in [-0.15, -0.1) is 0 Å². The first kappa shape index (κ1) is 25.3. The van der Waals surface area contributed by atoms with Gasteiger partial charge in [-0.2, -0.15) is 0 Å². The van der Waals surface area contributed by atoms with E-state index >= 15 is 0 Å². The van der Waals surface area contributed by atoms with Gasteiger partial charge in [-0.1, -0.05) is 60.7 Å². The Bertz CT molecular complexity index is 1620. The number of nitrogens with zero attached hydrogens (tertiary/aromatic N) is 1. The number of fused-ring (bicyclic) bond motifs is 3. The molecule has 0 aromatic heterocycles. The second-order valence-electron chi connectivity index (χ2n) is 9.96. The maximum atomic E-state index is 13.3. The summed E-state index contributed by atoms with van der Waals surface area (Å²) >= 11 is 3.62. The Morgan fingerprint density at radius 1 is 1.05 bits per heavy atom. The van der Waals surface area contributed by atoms with Gasteiger partial charge in [0, 0.05) is 22.2 Å². The third kappa shape index (κ3) is 3.95. The van der Waals surface area contributed by atoms with Gasteiger partial charge < -0.3 is 14.8 Å². The molecular weight excluding hydrogens is 562 g/mol. The third-order valence-corrected chi connectivity index (χ3v) is 8.44. The SMILES string of the molecule is COc1cc([C@@H]2[C@H](C)N[C@]3(C(=O)Nc4ccccc43)[C@@H]2[N+](=O)[O-])cc(Br)c1OCc1cccc2ccccc12. The van der Waals surface area contributed by atoms with E-state index in [2.05, 4.69) is 44.8 Å². The van der Waals surface area contributed by atoms with Crippen LogP contribution in [0.1, 0.15) is 29.5 Å². The van der Waals surface area contributed by atoms with Crippen molar-refractivity contribution in [3.8, 4) is 11.5 Å². The minimum atomic E-state index is -1.48. The highest BCUT2D eigenvalue weighted by Crippen LogP contribution is 2.51. The van der Waals surface area contributed by atoms with Crippen LogP contribution in [0, 0.1) is 10.1 Å². The third-order valence-electron chi connectivity index (χ3n) is 7.85. The molecule has 2 aliphatic rings. The van der Waals surface area contributed by atoms with Gasteiger partial charge >= 0.3 is 0 Å². The van der Waals surface area contributed by atoms with Gasteiger partial charge in [0.25, 0.3) is 11.9 Å². The van der Waals surface area contributed by atoms with Crippen LogP contribution in [-0.4, -0.2) is 30.0 Å². The summed E-state index contributed by atoms with van der Waals surface area (Å²) in [7, 11) is 1.54. The summed E-state index contributed by atoms with van der Waals surface area (Å²) in [5, 5.41) is 21.0. The number of hydrogen-bond acceptors (Lipinski definition) is 6. The lowest BCUT2D eigenvalue weighted by Crippen LogP contribution is -2.54. The summed E-state index contributed by atoms with van der Waals surface area (Å²) in [5.74, 6) is -0.0784. The molecule has 39 heavy (non-hydrogen) atoms. The molecule has 6 rings (SSSR count). The molecule has 0 bridgehead atoms. The van der Waals surface area contributed by atoms with E-state index in [4.69, 9.17) is 9.47 Å². The Morgan fingerprint density at radius 3 is 2.59 bits per heavy atom. The number of anilines is 1. The van der Waals surface area contributed by atoms with Gasteiger partial charge in [-0.05, 0) is 63.0 Å². The highest BCUT2D eigenvalue weighted by Gasteiger charge is 2.67. The van der Waals surface area contributed by atoms with E-state index in [-0.39, 0.29) is 11.0 Å². The molecule has 1 spiro atoms. The number of nitrogens with one attached hydrogen (secondary N) is 2. The van der Waals surface area contributed by atoms with E-state index < -0.39 is 23.4 Å². The van der Waals surface area contributed by atoms with Crippen molar-refractivity contribution < 1.29 is 19.2 Å². The van der Waals surface area contributed by atoms with Crippen LogP contribution in [0.3, 0.4) is 0 Å². The number of carbonyl (C=O) groups excluding carboxylic acids is 1. The Labute approximate surface area is 233 Å². The van der Waals surface area contributed by atoms with E-state index in [1.165, 1.54) is 0 Å². The summed E-state index contributed by atoms with van der Waals surface area (Å²) < 4.78 is 12.6. The number of amides is 1. The minimum Gasteiger partial charge on any atom is -0.493 e. The standard InChI is InChI=1S/C30H26BrN3O5/c1-17-26(28(34(36)37)30(33-17)22-12-5-6-13-24(22)32-29(30)35)20-14-23(31)27(25(15-20)38-2)39-16-19-10-7-9-18-8-3-4-11-21(18)19/h3-15,17,26,28,33H,16H2,1-2H3,(H,32,35)/t17-,26-,28+,30-/m0/s1. The van der Waals surface area contributed by atoms with E-state index in [1.807, 2.05) is 37.3 Å². The molecule has 8 nitrogen and oxygen atoms in total. The van der Waals surface area contributed by atoms with Crippen molar-refractivity contribution in [3.05, 3.63) is 110 Å². The number of hydrogen-bond donors (Lipinski definition) is 2. The zero-order chi connectivity index (χ0) is 27.3. The van der Waals surface area contributed by atoms with Crippen molar-refractivity contribution in [1.82, 2.24) is 5.32 Å². The Balaban J connectivity index is 1.37. The smallest absolute Gasteiger partial charge is 0.256 e. The Hall–Kier alpha value is -3.95. The van der Waals surface area contributed by atoms with Crippen LogP contribution >= 0.6 is 15.9 Å². The van der Waals surface area contributed by atoms with Gasteiger partial charge in [-0.25, -0.2) is 0 Å². The van der Waals surface area contributed by atoms with Gasteiger partial charge in [0.15, 0.2) is 17.0 Å². The van der Waals surface area contributed by atoms with Crippen molar-refractivity contribution in [3.63, 3.8) is 0 Å². The number of halogens is 1. The summed E-state index contributed by atoms with van der Waals surface area (Å²) in [4.78, 5) is 25.6. The second kappa shape index (κ2) is 9.66. The fourth-order valence-corrected chi connectivity index (χ4v) is 6.77. The normalized spacial score (nSPS) is 23.6. The minimum absolute atomic E-state index is 0.314. The summed E-state index contributed by atoms with van der Waals surface area (Å²) in [6, 6.07) is 23.3. The number of ether oxygens (including phenoxy) is 2. The van der Waals surface area contributed by atoms with Crippen LogP contribution in [0.15, 0.2) is 83.3 Å². The maximum absolute atomic E-state index is 13.3. The molecule has 4 aromatic rings.